The molecule has 1 amide bonds. The van der Waals surface area contributed by atoms with Crippen molar-refractivity contribution in [2.24, 2.45) is 4.99 Å². The molecular formula is C26H39N5O. The maximum atomic E-state index is 12.4. The number of hydrogen-bond donors (Lipinski definition) is 2. The molecule has 0 fully saturated rings. The average molecular weight is 438 g/mol. The van der Waals surface area contributed by atoms with Gasteiger partial charge in [-0.3, -0.25) is 14.7 Å². The molecular weight excluding hydrogens is 398 g/mol. The van der Waals surface area contributed by atoms with E-state index in [-0.39, 0.29) is 5.91 Å². The number of nitrogens with one attached hydrogen (secondary N) is 2. The first-order valence-electron chi connectivity index (χ1n) is 11.5. The van der Waals surface area contributed by atoms with Gasteiger partial charge in [-0.05, 0) is 57.5 Å². The Morgan fingerprint density at radius 1 is 0.969 bits per heavy atom. The quantitative estimate of drug-likeness (QED) is 0.415. The predicted octanol–water partition coefficient (Wildman–Crippen LogP) is 3.74. The van der Waals surface area contributed by atoms with Crippen LogP contribution in [0, 0.1) is 0 Å². The normalized spacial score (nSPS) is 12.5. The molecule has 2 aromatic carbocycles. The van der Waals surface area contributed by atoms with Crippen molar-refractivity contribution >= 4 is 11.9 Å². The average Bonchev–Trinajstić information content (AvgIpc) is 2.82. The van der Waals surface area contributed by atoms with Gasteiger partial charge in [0.2, 0.25) is 0 Å². The fourth-order valence-corrected chi connectivity index (χ4v) is 3.51. The second-order valence-corrected chi connectivity index (χ2v) is 8.07. The number of carbonyl (C=O) groups excluding carboxylic acids is 1. The molecule has 6 heteroatoms. The fraction of sp³-hybridized carbons (Fsp3) is 0.462. The minimum atomic E-state index is 0.0818. The van der Waals surface area contributed by atoms with Gasteiger partial charge in [0.05, 0.1) is 0 Å². The topological polar surface area (TPSA) is 60.0 Å². The Kier molecular flexibility index (Phi) is 10.7. The fourth-order valence-electron chi connectivity index (χ4n) is 3.51. The van der Waals surface area contributed by atoms with Crippen LogP contribution >= 0.6 is 0 Å². The summed E-state index contributed by atoms with van der Waals surface area (Å²) in [5.74, 6) is 0.865. The SMILES string of the molecule is CCN(CC)C(=O)c1ccc(CNC(=NC)NCCC(C)N(C)Cc2ccccc2)cc1. The van der Waals surface area contributed by atoms with Crippen LogP contribution in [0.2, 0.25) is 0 Å². The Morgan fingerprint density at radius 2 is 1.62 bits per heavy atom. The Labute approximate surface area is 193 Å². The van der Waals surface area contributed by atoms with Crippen LogP contribution in [0.15, 0.2) is 59.6 Å². The summed E-state index contributed by atoms with van der Waals surface area (Å²) in [6.07, 6.45) is 1.02. The molecule has 1 atom stereocenters. The summed E-state index contributed by atoms with van der Waals surface area (Å²) in [6.45, 7) is 10.1. The highest BCUT2D eigenvalue weighted by molar-refractivity contribution is 5.94. The smallest absolute Gasteiger partial charge is 0.253 e. The Balaban J connectivity index is 1.75. The second-order valence-electron chi connectivity index (χ2n) is 8.07. The molecule has 2 N–H and O–H groups in total. The van der Waals surface area contributed by atoms with Crippen LogP contribution in [0.5, 0.6) is 0 Å². The van der Waals surface area contributed by atoms with Gasteiger partial charge in [-0.2, -0.15) is 0 Å². The third-order valence-electron chi connectivity index (χ3n) is 5.82. The summed E-state index contributed by atoms with van der Waals surface area (Å²) in [5.41, 5.74) is 3.17. The summed E-state index contributed by atoms with van der Waals surface area (Å²) in [5, 5.41) is 6.75. The summed E-state index contributed by atoms with van der Waals surface area (Å²) in [7, 11) is 3.95. The van der Waals surface area contributed by atoms with Gasteiger partial charge in [0, 0.05) is 51.4 Å². The van der Waals surface area contributed by atoms with Crippen LogP contribution in [0.25, 0.3) is 0 Å². The van der Waals surface area contributed by atoms with Crippen molar-refractivity contribution in [3.63, 3.8) is 0 Å². The first-order valence-corrected chi connectivity index (χ1v) is 11.5. The summed E-state index contributed by atoms with van der Waals surface area (Å²) >= 11 is 0. The van der Waals surface area contributed by atoms with Crippen molar-refractivity contribution in [3.05, 3.63) is 71.3 Å². The number of aliphatic imine (C=N–C) groups is 1. The van der Waals surface area contributed by atoms with Gasteiger partial charge in [0.15, 0.2) is 5.96 Å². The third kappa shape index (κ3) is 8.00. The van der Waals surface area contributed by atoms with Crippen molar-refractivity contribution in [1.82, 2.24) is 20.4 Å². The van der Waals surface area contributed by atoms with E-state index in [2.05, 4.69) is 64.8 Å². The van der Waals surface area contributed by atoms with E-state index < -0.39 is 0 Å². The van der Waals surface area contributed by atoms with Gasteiger partial charge in [-0.25, -0.2) is 0 Å². The minimum absolute atomic E-state index is 0.0818. The van der Waals surface area contributed by atoms with Crippen molar-refractivity contribution in [3.8, 4) is 0 Å². The van der Waals surface area contributed by atoms with Crippen molar-refractivity contribution in [2.45, 2.75) is 46.3 Å². The highest BCUT2D eigenvalue weighted by Gasteiger charge is 2.12. The largest absolute Gasteiger partial charge is 0.356 e. The molecule has 0 saturated heterocycles. The molecule has 0 radical (unpaired) electrons. The van der Waals surface area contributed by atoms with Gasteiger partial charge >= 0.3 is 0 Å². The van der Waals surface area contributed by atoms with Crippen molar-refractivity contribution in [1.29, 1.82) is 0 Å². The molecule has 0 aliphatic rings. The summed E-state index contributed by atoms with van der Waals surface area (Å²) in [4.78, 5) is 21.0. The Hall–Kier alpha value is -2.86. The molecule has 2 rings (SSSR count). The summed E-state index contributed by atoms with van der Waals surface area (Å²) in [6, 6.07) is 18.8. The first-order chi connectivity index (χ1) is 15.5. The second kappa shape index (κ2) is 13.5. The van der Waals surface area contributed by atoms with Crippen LogP contribution < -0.4 is 10.6 Å². The molecule has 0 spiro atoms. The molecule has 0 aromatic heterocycles. The number of benzene rings is 2. The molecule has 6 nitrogen and oxygen atoms in total. The van der Waals surface area contributed by atoms with Gasteiger partial charge < -0.3 is 15.5 Å². The number of amides is 1. The molecule has 0 bridgehead atoms. The van der Waals surface area contributed by atoms with Crippen LogP contribution in [0.4, 0.5) is 0 Å². The number of hydrogen-bond acceptors (Lipinski definition) is 3. The van der Waals surface area contributed by atoms with Gasteiger partial charge in [-0.15, -0.1) is 0 Å². The summed E-state index contributed by atoms with van der Waals surface area (Å²) < 4.78 is 0. The lowest BCUT2D eigenvalue weighted by atomic mass is 10.1. The predicted molar refractivity (Wildman–Crippen MR) is 134 cm³/mol. The zero-order chi connectivity index (χ0) is 23.3. The Bertz CT molecular complexity index is 831. The van der Waals surface area contributed by atoms with E-state index in [1.165, 1.54) is 5.56 Å². The maximum Gasteiger partial charge on any atom is 0.253 e. The van der Waals surface area contributed by atoms with Gasteiger partial charge in [0.1, 0.15) is 0 Å². The minimum Gasteiger partial charge on any atom is -0.356 e. The molecule has 0 aliphatic carbocycles. The third-order valence-corrected chi connectivity index (χ3v) is 5.82. The molecule has 0 aliphatic heterocycles. The zero-order valence-electron chi connectivity index (χ0n) is 20.3. The maximum absolute atomic E-state index is 12.4. The van der Waals surface area contributed by atoms with Crippen molar-refractivity contribution in [2.75, 3.05) is 33.7 Å². The lowest BCUT2D eigenvalue weighted by Gasteiger charge is -2.25. The van der Waals surface area contributed by atoms with Crippen LogP contribution in [-0.4, -0.2) is 61.4 Å². The van der Waals surface area contributed by atoms with Gasteiger partial charge in [-0.1, -0.05) is 42.5 Å². The first kappa shape index (κ1) is 25.4. The number of carbonyl (C=O) groups is 1. The molecule has 1 unspecified atom stereocenters. The number of nitrogens with zero attached hydrogens (tertiary/aromatic N) is 3. The van der Waals surface area contributed by atoms with Crippen LogP contribution in [0.3, 0.4) is 0 Å². The molecule has 2 aromatic rings. The van der Waals surface area contributed by atoms with E-state index >= 15 is 0 Å². The van der Waals surface area contributed by atoms with E-state index in [1.54, 1.807) is 7.05 Å². The van der Waals surface area contributed by atoms with E-state index in [9.17, 15) is 4.79 Å². The van der Waals surface area contributed by atoms with E-state index in [4.69, 9.17) is 0 Å². The molecule has 32 heavy (non-hydrogen) atoms. The highest BCUT2D eigenvalue weighted by Crippen LogP contribution is 2.09. The van der Waals surface area contributed by atoms with Gasteiger partial charge in [0.25, 0.3) is 5.91 Å². The molecule has 0 saturated carbocycles. The standard InChI is InChI=1S/C26H39N5O/c1-6-31(7-2)25(32)24-15-13-22(14-16-24)19-29-26(27-4)28-18-17-21(3)30(5)20-23-11-9-8-10-12-23/h8-16,21H,6-7,17-20H2,1-5H3,(H2,27,28,29). The van der Waals surface area contributed by atoms with E-state index in [1.807, 2.05) is 43.0 Å². The lowest BCUT2D eigenvalue weighted by Crippen LogP contribution is -2.39. The van der Waals surface area contributed by atoms with E-state index in [0.717, 1.165) is 49.7 Å². The number of guanidine groups is 1. The number of rotatable bonds is 11. The molecule has 0 heterocycles. The van der Waals surface area contributed by atoms with Crippen LogP contribution in [0.1, 0.15) is 48.7 Å². The zero-order valence-corrected chi connectivity index (χ0v) is 20.3. The van der Waals surface area contributed by atoms with Crippen molar-refractivity contribution < 1.29 is 4.79 Å². The molecule has 174 valence electrons. The Morgan fingerprint density at radius 3 is 2.22 bits per heavy atom. The highest BCUT2D eigenvalue weighted by atomic mass is 16.2. The van der Waals surface area contributed by atoms with Crippen LogP contribution in [-0.2, 0) is 13.1 Å². The lowest BCUT2D eigenvalue weighted by molar-refractivity contribution is 0.0773. The monoisotopic (exact) mass is 437 g/mol. The van der Waals surface area contributed by atoms with E-state index in [0.29, 0.717) is 12.6 Å².